The lowest BCUT2D eigenvalue weighted by Gasteiger charge is -2.19. The molecule has 0 aliphatic heterocycles. The van der Waals surface area contributed by atoms with Crippen molar-refractivity contribution in [1.82, 2.24) is 5.32 Å². The van der Waals surface area contributed by atoms with Crippen molar-refractivity contribution in [2.45, 2.75) is 13.0 Å². The summed E-state index contributed by atoms with van der Waals surface area (Å²) in [6.45, 7) is 1.24. The Kier molecular flexibility index (Phi) is 6.31. The fourth-order valence-electron chi connectivity index (χ4n) is 3.63. The monoisotopic (exact) mass is 481 g/mol. The van der Waals surface area contributed by atoms with Crippen LogP contribution >= 0.6 is 23.2 Å². The maximum absolute atomic E-state index is 12.9. The van der Waals surface area contributed by atoms with Crippen LogP contribution in [0.4, 0.5) is 0 Å². The molecule has 0 spiro atoms. The van der Waals surface area contributed by atoms with Gasteiger partial charge in [0.05, 0.1) is 22.2 Å². The van der Waals surface area contributed by atoms with Crippen LogP contribution in [-0.4, -0.2) is 30.0 Å². The molecule has 1 amide bonds. The Morgan fingerprint density at radius 1 is 0.879 bits per heavy atom. The molecule has 0 radical (unpaired) electrons. The molecule has 0 saturated heterocycles. The van der Waals surface area contributed by atoms with E-state index in [1.165, 1.54) is 18.2 Å². The maximum Gasteiger partial charge on any atom is 0.340 e. The van der Waals surface area contributed by atoms with Crippen molar-refractivity contribution in [3.63, 3.8) is 0 Å². The average Bonchev–Trinajstić information content (AvgIpc) is 2.81. The minimum atomic E-state index is -0.879. The Balaban J connectivity index is 1.47. The predicted octanol–water partition coefficient (Wildman–Crippen LogP) is 4.80. The molecule has 3 aromatic carbocycles. The number of rotatable bonds is 5. The highest BCUT2D eigenvalue weighted by Crippen LogP contribution is 2.34. The fraction of sp³-hybridized carbons (Fsp3) is 0.120. The molecule has 1 aliphatic rings. The maximum atomic E-state index is 12.9. The van der Waals surface area contributed by atoms with Gasteiger partial charge in [-0.3, -0.25) is 14.4 Å². The zero-order valence-corrected chi connectivity index (χ0v) is 18.9. The summed E-state index contributed by atoms with van der Waals surface area (Å²) < 4.78 is 5.10. The van der Waals surface area contributed by atoms with Crippen LogP contribution in [0, 0.1) is 0 Å². The number of amides is 1. The van der Waals surface area contributed by atoms with Crippen molar-refractivity contribution in [1.29, 1.82) is 0 Å². The van der Waals surface area contributed by atoms with Gasteiger partial charge in [-0.05, 0) is 36.8 Å². The van der Waals surface area contributed by atoms with Crippen LogP contribution in [0.5, 0.6) is 0 Å². The lowest BCUT2D eigenvalue weighted by Crippen LogP contribution is -2.31. The number of benzene rings is 3. The van der Waals surface area contributed by atoms with E-state index in [0.717, 1.165) is 5.56 Å². The molecule has 166 valence electrons. The number of ketones is 2. The normalized spacial score (nSPS) is 13.1. The van der Waals surface area contributed by atoms with Gasteiger partial charge < -0.3 is 10.1 Å². The topological polar surface area (TPSA) is 89.5 Å². The lowest BCUT2D eigenvalue weighted by atomic mass is 9.83. The summed E-state index contributed by atoms with van der Waals surface area (Å²) in [6, 6.07) is 15.8. The fourth-order valence-corrected chi connectivity index (χ4v) is 4.08. The van der Waals surface area contributed by atoms with E-state index in [2.05, 4.69) is 5.32 Å². The average molecular weight is 482 g/mol. The van der Waals surface area contributed by atoms with Gasteiger partial charge >= 0.3 is 5.97 Å². The van der Waals surface area contributed by atoms with Crippen molar-refractivity contribution in [3.8, 4) is 0 Å². The van der Waals surface area contributed by atoms with Gasteiger partial charge in [0.2, 0.25) is 0 Å². The zero-order chi connectivity index (χ0) is 23.7. The van der Waals surface area contributed by atoms with Crippen LogP contribution < -0.4 is 5.32 Å². The molecule has 0 bridgehead atoms. The summed E-state index contributed by atoms with van der Waals surface area (Å²) in [5, 5.41) is 3.12. The molecule has 8 heteroatoms. The third-order valence-corrected chi connectivity index (χ3v) is 5.98. The first-order chi connectivity index (χ1) is 15.8. The standard InChI is InChI=1S/C25H17Cl2NO5/c1-13(14-6-8-15(26)9-7-14)28-20(29)12-33-25(32)19-11-10-18-21(22(19)27)24(31)17-5-3-2-4-16(17)23(18)30/h2-11,13H,12H2,1H3,(H,28,29). The second-order valence-corrected chi connectivity index (χ2v) is 8.28. The lowest BCUT2D eigenvalue weighted by molar-refractivity contribution is -0.124. The molecule has 6 nitrogen and oxygen atoms in total. The van der Waals surface area contributed by atoms with Gasteiger partial charge in [-0.2, -0.15) is 0 Å². The molecule has 4 rings (SSSR count). The van der Waals surface area contributed by atoms with Gasteiger partial charge in [0.1, 0.15) is 0 Å². The Hall–Kier alpha value is -3.48. The van der Waals surface area contributed by atoms with Crippen LogP contribution in [0.3, 0.4) is 0 Å². The third kappa shape index (κ3) is 4.40. The molecule has 1 N–H and O–H groups in total. The van der Waals surface area contributed by atoms with E-state index >= 15 is 0 Å². The molecular weight excluding hydrogens is 465 g/mol. The van der Waals surface area contributed by atoms with E-state index < -0.39 is 24.3 Å². The van der Waals surface area contributed by atoms with Crippen molar-refractivity contribution in [2.24, 2.45) is 0 Å². The molecule has 0 heterocycles. The molecule has 1 unspecified atom stereocenters. The van der Waals surface area contributed by atoms with E-state index in [4.69, 9.17) is 27.9 Å². The number of carbonyl (C=O) groups is 4. The van der Waals surface area contributed by atoms with Crippen molar-refractivity contribution in [3.05, 3.63) is 104 Å². The first-order valence-corrected chi connectivity index (χ1v) is 10.8. The summed E-state index contributed by atoms with van der Waals surface area (Å²) in [5.74, 6) is -2.19. The molecule has 3 aromatic rings. The van der Waals surface area contributed by atoms with E-state index in [1.54, 1.807) is 49.4 Å². The van der Waals surface area contributed by atoms with Crippen LogP contribution in [0.15, 0.2) is 60.7 Å². The van der Waals surface area contributed by atoms with Crippen molar-refractivity contribution >= 4 is 46.6 Å². The van der Waals surface area contributed by atoms with Gasteiger partial charge in [-0.1, -0.05) is 59.6 Å². The van der Waals surface area contributed by atoms with Crippen LogP contribution in [0.25, 0.3) is 0 Å². The minimum absolute atomic E-state index is 0.0457. The SMILES string of the molecule is CC(NC(=O)COC(=O)c1ccc2c(c1Cl)C(=O)c1ccccc1C2=O)c1ccc(Cl)cc1. The Morgan fingerprint density at radius 3 is 2.18 bits per heavy atom. The molecule has 1 atom stereocenters. The minimum Gasteiger partial charge on any atom is -0.452 e. The van der Waals surface area contributed by atoms with Crippen LogP contribution in [0.2, 0.25) is 10.0 Å². The van der Waals surface area contributed by atoms with Crippen molar-refractivity contribution in [2.75, 3.05) is 6.61 Å². The van der Waals surface area contributed by atoms with E-state index in [9.17, 15) is 19.2 Å². The number of fused-ring (bicyclic) bond motifs is 2. The van der Waals surface area contributed by atoms with Gasteiger partial charge in [0.15, 0.2) is 18.2 Å². The Morgan fingerprint density at radius 2 is 1.52 bits per heavy atom. The molecule has 0 fully saturated rings. The summed E-state index contributed by atoms with van der Waals surface area (Å²) in [5.41, 5.74) is 1.31. The highest BCUT2D eigenvalue weighted by atomic mass is 35.5. The number of ether oxygens (including phenoxy) is 1. The van der Waals surface area contributed by atoms with Gasteiger partial charge in [0, 0.05) is 21.7 Å². The van der Waals surface area contributed by atoms with Crippen LogP contribution in [-0.2, 0) is 9.53 Å². The van der Waals surface area contributed by atoms with Crippen LogP contribution in [0.1, 0.15) is 60.7 Å². The summed E-state index contributed by atoms with van der Waals surface area (Å²) in [6.07, 6.45) is 0. The Labute approximate surface area is 199 Å². The zero-order valence-electron chi connectivity index (χ0n) is 17.4. The predicted molar refractivity (Wildman–Crippen MR) is 123 cm³/mol. The number of hydrogen-bond donors (Lipinski definition) is 1. The summed E-state index contributed by atoms with van der Waals surface area (Å²) in [7, 11) is 0. The second kappa shape index (κ2) is 9.17. The third-order valence-electron chi connectivity index (χ3n) is 5.33. The smallest absolute Gasteiger partial charge is 0.340 e. The Bertz CT molecular complexity index is 1300. The molecule has 0 aromatic heterocycles. The highest BCUT2D eigenvalue weighted by molar-refractivity contribution is 6.41. The molecular formula is C25H17Cl2NO5. The summed E-state index contributed by atoms with van der Waals surface area (Å²) >= 11 is 12.2. The second-order valence-electron chi connectivity index (χ2n) is 7.47. The van der Waals surface area contributed by atoms with Gasteiger partial charge in [-0.25, -0.2) is 4.79 Å². The van der Waals surface area contributed by atoms with Gasteiger partial charge in [0.25, 0.3) is 5.91 Å². The van der Waals surface area contributed by atoms with E-state index in [-0.39, 0.29) is 44.7 Å². The molecule has 1 aliphatic carbocycles. The number of nitrogens with one attached hydrogen (secondary N) is 1. The van der Waals surface area contributed by atoms with Crippen molar-refractivity contribution < 1.29 is 23.9 Å². The number of halogens is 2. The highest BCUT2D eigenvalue weighted by Gasteiger charge is 2.33. The van der Waals surface area contributed by atoms with E-state index in [0.29, 0.717) is 5.02 Å². The first-order valence-electron chi connectivity index (χ1n) is 10.0. The van der Waals surface area contributed by atoms with E-state index in [1.807, 2.05) is 0 Å². The largest absolute Gasteiger partial charge is 0.452 e. The number of carbonyl (C=O) groups excluding carboxylic acids is 4. The number of esters is 1. The first kappa shape index (κ1) is 22.7. The molecule has 0 saturated carbocycles. The van der Waals surface area contributed by atoms with Gasteiger partial charge in [-0.15, -0.1) is 0 Å². The summed E-state index contributed by atoms with van der Waals surface area (Å²) in [4.78, 5) is 50.5. The quantitative estimate of drug-likeness (QED) is 0.413. The number of hydrogen-bond acceptors (Lipinski definition) is 5. The molecule has 33 heavy (non-hydrogen) atoms.